The largest absolute Gasteiger partial charge is 0.495 e. The molecule has 2 aromatic rings. The van der Waals surface area contributed by atoms with Crippen LogP contribution >= 0.6 is 0 Å². The van der Waals surface area contributed by atoms with Crippen LogP contribution in [0.4, 0.5) is 11.4 Å². The van der Waals surface area contributed by atoms with Crippen LogP contribution in [0.1, 0.15) is 12.0 Å². The number of anilines is 2. The molecule has 0 N–H and O–H groups in total. The van der Waals surface area contributed by atoms with E-state index in [0.29, 0.717) is 18.0 Å². The molecular formula is C23H27N3O4. The SMILES string of the molecule is COc1ccccc1N1C(=O)C[C@@H](N(C)Cc2ccc(N3CCOCC3)cc2)C1=O. The second-order valence-electron chi connectivity index (χ2n) is 7.64. The topological polar surface area (TPSA) is 62.3 Å². The molecule has 2 aromatic carbocycles. The van der Waals surface area contributed by atoms with E-state index >= 15 is 0 Å². The highest BCUT2D eigenvalue weighted by Gasteiger charge is 2.42. The van der Waals surface area contributed by atoms with E-state index in [0.717, 1.165) is 31.9 Å². The summed E-state index contributed by atoms with van der Waals surface area (Å²) in [6.45, 7) is 3.90. The summed E-state index contributed by atoms with van der Waals surface area (Å²) < 4.78 is 10.7. The van der Waals surface area contributed by atoms with Crippen molar-refractivity contribution in [2.75, 3.05) is 50.3 Å². The predicted octanol–water partition coefficient (Wildman–Crippen LogP) is 2.30. The molecule has 2 heterocycles. The summed E-state index contributed by atoms with van der Waals surface area (Å²) >= 11 is 0. The van der Waals surface area contributed by atoms with Crippen molar-refractivity contribution in [3.8, 4) is 5.75 Å². The number of methoxy groups -OCH3 is 1. The molecule has 2 fully saturated rings. The number of nitrogens with zero attached hydrogens (tertiary/aromatic N) is 3. The van der Waals surface area contributed by atoms with Crippen molar-refractivity contribution in [3.05, 3.63) is 54.1 Å². The van der Waals surface area contributed by atoms with Gasteiger partial charge in [0.15, 0.2) is 0 Å². The van der Waals surface area contributed by atoms with Crippen molar-refractivity contribution >= 4 is 23.2 Å². The Bertz CT molecular complexity index is 909. The van der Waals surface area contributed by atoms with Crippen LogP contribution in [0.3, 0.4) is 0 Å². The number of carbonyl (C=O) groups is 2. The van der Waals surface area contributed by atoms with Crippen LogP contribution in [-0.4, -0.2) is 63.2 Å². The predicted molar refractivity (Wildman–Crippen MR) is 115 cm³/mol. The smallest absolute Gasteiger partial charge is 0.251 e. The molecule has 0 bridgehead atoms. The van der Waals surface area contributed by atoms with Gasteiger partial charge in [0.25, 0.3) is 5.91 Å². The summed E-state index contributed by atoms with van der Waals surface area (Å²) in [7, 11) is 3.42. The van der Waals surface area contributed by atoms with Gasteiger partial charge in [0.1, 0.15) is 5.75 Å². The highest BCUT2D eigenvalue weighted by molar-refractivity contribution is 6.23. The first-order valence-corrected chi connectivity index (χ1v) is 10.2. The Morgan fingerprint density at radius 3 is 2.47 bits per heavy atom. The number of hydrogen-bond acceptors (Lipinski definition) is 6. The van der Waals surface area contributed by atoms with E-state index < -0.39 is 6.04 Å². The fraction of sp³-hybridized carbons (Fsp3) is 0.391. The van der Waals surface area contributed by atoms with Crippen LogP contribution in [0.5, 0.6) is 5.75 Å². The van der Waals surface area contributed by atoms with Gasteiger partial charge in [-0.25, -0.2) is 4.90 Å². The number of ether oxygens (including phenoxy) is 2. The highest BCUT2D eigenvalue weighted by atomic mass is 16.5. The van der Waals surface area contributed by atoms with Crippen molar-refractivity contribution in [2.45, 2.75) is 19.0 Å². The lowest BCUT2D eigenvalue weighted by atomic mass is 10.1. The third-order valence-corrected chi connectivity index (χ3v) is 5.73. The lowest BCUT2D eigenvalue weighted by molar-refractivity contribution is -0.122. The Morgan fingerprint density at radius 2 is 1.77 bits per heavy atom. The van der Waals surface area contributed by atoms with E-state index in [4.69, 9.17) is 9.47 Å². The molecule has 2 aliphatic heterocycles. The standard InChI is InChI=1S/C23H27N3O4/c1-24(16-17-7-9-18(10-8-17)25-11-13-30-14-12-25)20-15-22(27)26(23(20)28)19-5-3-4-6-21(19)29-2/h3-10,20H,11-16H2,1-2H3/t20-/m1/s1. The van der Waals surface area contributed by atoms with Gasteiger partial charge in [-0.15, -0.1) is 0 Å². The third-order valence-electron chi connectivity index (χ3n) is 5.73. The van der Waals surface area contributed by atoms with E-state index in [9.17, 15) is 9.59 Å². The molecule has 0 radical (unpaired) electrons. The third kappa shape index (κ3) is 4.04. The molecule has 158 valence electrons. The number of likely N-dealkylation sites (N-methyl/N-ethyl adjacent to an activating group) is 1. The van der Waals surface area contributed by atoms with Gasteiger partial charge < -0.3 is 14.4 Å². The molecule has 2 amide bonds. The van der Waals surface area contributed by atoms with Crippen molar-refractivity contribution in [3.63, 3.8) is 0 Å². The van der Waals surface area contributed by atoms with Crippen LogP contribution in [0, 0.1) is 0 Å². The monoisotopic (exact) mass is 409 g/mol. The van der Waals surface area contributed by atoms with Gasteiger partial charge in [0.05, 0.1) is 38.5 Å². The summed E-state index contributed by atoms with van der Waals surface area (Å²) in [5.74, 6) is 0.0992. The van der Waals surface area contributed by atoms with Gasteiger partial charge in [0, 0.05) is 25.3 Å². The average molecular weight is 409 g/mol. The Balaban J connectivity index is 1.44. The first-order chi connectivity index (χ1) is 14.6. The molecule has 0 aromatic heterocycles. The Labute approximate surface area is 176 Å². The lowest BCUT2D eigenvalue weighted by Crippen LogP contribution is -2.39. The van der Waals surface area contributed by atoms with Gasteiger partial charge in [-0.2, -0.15) is 0 Å². The lowest BCUT2D eigenvalue weighted by Gasteiger charge is -2.29. The molecule has 0 saturated carbocycles. The Kier molecular flexibility index (Phi) is 6.01. The molecule has 0 spiro atoms. The molecule has 30 heavy (non-hydrogen) atoms. The number of benzene rings is 2. The maximum atomic E-state index is 13.1. The van der Waals surface area contributed by atoms with Crippen molar-refractivity contribution in [2.24, 2.45) is 0 Å². The van der Waals surface area contributed by atoms with Gasteiger partial charge >= 0.3 is 0 Å². The molecule has 0 unspecified atom stereocenters. The molecule has 7 nitrogen and oxygen atoms in total. The normalized spacial score (nSPS) is 19.6. The van der Waals surface area contributed by atoms with E-state index in [1.807, 2.05) is 18.0 Å². The van der Waals surface area contributed by atoms with Crippen LogP contribution in [0.15, 0.2) is 48.5 Å². The molecule has 2 aliphatic rings. The fourth-order valence-electron chi connectivity index (χ4n) is 4.06. The second-order valence-corrected chi connectivity index (χ2v) is 7.64. The van der Waals surface area contributed by atoms with Gasteiger partial charge in [-0.05, 0) is 36.9 Å². The number of para-hydroxylation sites is 2. The van der Waals surface area contributed by atoms with E-state index in [2.05, 4.69) is 29.2 Å². The number of amides is 2. The van der Waals surface area contributed by atoms with Crippen LogP contribution in [-0.2, 0) is 20.9 Å². The quantitative estimate of drug-likeness (QED) is 0.683. The molecule has 2 saturated heterocycles. The maximum Gasteiger partial charge on any atom is 0.251 e. The van der Waals surface area contributed by atoms with E-state index in [-0.39, 0.29) is 18.2 Å². The number of imide groups is 1. The summed E-state index contributed by atoms with van der Waals surface area (Å²) in [6, 6.07) is 15.0. The average Bonchev–Trinajstić information content (AvgIpc) is 3.08. The van der Waals surface area contributed by atoms with Crippen LogP contribution < -0.4 is 14.5 Å². The number of carbonyl (C=O) groups excluding carboxylic acids is 2. The van der Waals surface area contributed by atoms with Gasteiger partial charge in [0.2, 0.25) is 5.91 Å². The van der Waals surface area contributed by atoms with Crippen molar-refractivity contribution in [1.29, 1.82) is 0 Å². The minimum absolute atomic E-state index is 0.166. The number of hydrogen-bond donors (Lipinski definition) is 0. The first kappa shape index (κ1) is 20.4. The fourth-order valence-corrected chi connectivity index (χ4v) is 4.06. The van der Waals surface area contributed by atoms with Crippen molar-refractivity contribution in [1.82, 2.24) is 4.90 Å². The van der Waals surface area contributed by atoms with Gasteiger partial charge in [-0.3, -0.25) is 14.5 Å². The molecule has 7 heteroatoms. The minimum Gasteiger partial charge on any atom is -0.495 e. The summed E-state index contributed by atoms with van der Waals surface area (Å²) in [6.07, 6.45) is 0.166. The summed E-state index contributed by atoms with van der Waals surface area (Å²) in [5.41, 5.74) is 2.78. The Hall–Kier alpha value is -2.90. The zero-order chi connectivity index (χ0) is 21.1. The zero-order valence-corrected chi connectivity index (χ0v) is 17.4. The molecule has 4 rings (SSSR count). The maximum absolute atomic E-state index is 13.1. The highest BCUT2D eigenvalue weighted by Crippen LogP contribution is 2.33. The molecule has 1 atom stereocenters. The zero-order valence-electron chi connectivity index (χ0n) is 17.4. The second kappa shape index (κ2) is 8.85. The number of morpholine rings is 1. The van der Waals surface area contributed by atoms with Crippen LogP contribution in [0.25, 0.3) is 0 Å². The first-order valence-electron chi connectivity index (χ1n) is 10.2. The van der Waals surface area contributed by atoms with Crippen molar-refractivity contribution < 1.29 is 19.1 Å². The van der Waals surface area contributed by atoms with Gasteiger partial charge in [-0.1, -0.05) is 24.3 Å². The summed E-state index contributed by atoms with van der Waals surface area (Å²) in [4.78, 5) is 31.2. The number of rotatable bonds is 6. The molecular weight excluding hydrogens is 382 g/mol. The molecule has 0 aliphatic carbocycles. The van der Waals surface area contributed by atoms with E-state index in [1.54, 1.807) is 18.2 Å². The van der Waals surface area contributed by atoms with Crippen LogP contribution in [0.2, 0.25) is 0 Å². The Morgan fingerprint density at radius 1 is 1.07 bits per heavy atom. The summed E-state index contributed by atoms with van der Waals surface area (Å²) in [5, 5.41) is 0. The van der Waals surface area contributed by atoms with E-state index in [1.165, 1.54) is 17.7 Å². The minimum atomic E-state index is -0.485.